The second-order valence-electron chi connectivity index (χ2n) is 3.23. The molecule has 2 rings (SSSR count). The molecule has 0 saturated heterocycles. The van der Waals surface area contributed by atoms with Gasteiger partial charge in [0.25, 0.3) is 0 Å². The molecule has 0 amide bonds. The van der Waals surface area contributed by atoms with Crippen molar-refractivity contribution in [3.63, 3.8) is 0 Å². The van der Waals surface area contributed by atoms with Gasteiger partial charge >= 0.3 is 5.97 Å². The van der Waals surface area contributed by atoms with Crippen molar-refractivity contribution in [1.82, 2.24) is 9.97 Å². The number of imidazole rings is 1. The van der Waals surface area contributed by atoms with E-state index in [9.17, 15) is 9.90 Å². The second kappa shape index (κ2) is 4.15. The predicted molar refractivity (Wildman–Crippen MR) is 60.5 cm³/mol. The van der Waals surface area contributed by atoms with Crippen LogP contribution in [-0.2, 0) is 4.79 Å². The molecule has 0 radical (unpaired) electrons. The number of aromatic amines is 1. The fourth-order valence-electron chi connectivity index (χ4n) is 1.56. The highest BCUT2D eigenvalue weighted by Gasteiger charge is 2.21. The molecule has 1 heterocycles. The maximum absolute atomic E-state index is 10.8. The van der Waals surface area contributed by atoms with Crippen molar-refractivity contribution in [2.45, 2.75) is 11.0 Å². The molecule has 1 aromatic carbocycles. The number of hydrogen-bond donors (Lipinski definition) is 3. The van der Waals surface area contributed by atoms with Crippen molar-refractivity contribution in [1.29, 1.82) is 0 Å². The number of hydrogen-bond acceptors (Lipinski definition) is 4. The lowest BCUT2D eigenvalue weighted by molar-refractivity contribution is -0.147. The standard InChI is InChI=1S/C10H10N2O3S/c1-16-9-5(8(13)10(14)15)2-3-6-7(9)12-4-11-6/h2-4,8,13H,1H3,(H,11,12)(H,14,15). The number of aliphatic hydroxyl groups is 1. The van der Waals surface area contributed by atoms with Gasteiger partial charge in [-0.15, -0.1) is 11.8 Å². The Bertz CT molecular complexity index is 538. The van der Waals surface area contributed by atoms with Gasteiger partial charge in [-0.3, -0.25) is 0 Å². The zero-order valence-electron chi connectivity index (χ0n) is 8.47. The molecular weight excluding hydrogens is 228 g/mol. The summed E-state index contributed by atoms with van der Waals surface area (Å²) in [6.45, 7) is 0. The molecule has 0 spiro atoms. The summed E-state index contributed by atoms with van der Waals surface area (Å²) in [4.78, 5) is 18.5. The molecule has 0 aliphatic rings. The summed E-state index contributed by atoms with van der Waals surface area (Å²) >= 11 is 1.37. The molecule has 3 N–H and O–H groups in total. The average Bonchev–Trinajstić information content (AvgIpc) is 2.74. The van der Waals surface area contributed by atoms with Gasteiger partial charge in [0.1, 0.15) is 5.52 Å². The first-order valence-electron chi connectivity index (χ1n) is 4.56. The summed E-state index contributed by atoms with van der Waals surface area (Å²) in [6, 6.07) is 3.31. The zero-order chi connectivity index (χ0) is 11.7. The van der Waals surface area contributed by atoms with Crippen molar-refractivity contribution < 1.29 is 15.0 Å². The summed E-state index contributed by atoms with van der Waals surface area (Å²) < 4.78 is 0. The summed E-state index contributed by atoms with van der Waals surface area (Å²) in [7, 11) is 0. The number of benzene rings is 1. The molecule has 2 aromatic rings. The first-order chi connectivity index (χ1) is 7.65. The summed E-state index contributed by atoms with van der Waals surface area (Å²) in [5, 5.41) is 18.3. The molecule has 1 atom stereocenters. The summed E-state index contributed by atoms with van der Waals surface area (Å²) in [5.41, 5.74) is 1.88. The minimum Gasteiger partial charge on any atom is -0.479 e. The SMILES string of the molecule is CSc1c(C(O)C(=O)O)ccc2[nH]cnc12. The normalized spacial score (nSPS) is 12.9. The van der Waals surface area contributed by atoms with Crippen LogP contribution in [0.15, 0.2) is 23.4 Å². The maximum atomic E-state index is 10.8. The first kappa shape index (κ1) is 11.0. The number of rotatable bonds is 3. The van der Waals surface area contributed by atoms with Crippen LogP contribution in [0, 0.1) is 0 Å². The summed E-state index contributed by atoms with van der Waals surface area (Å²) in [6.07, 6.45) is 1.85. The third-order valence-electron chi connectivity index (χ3n) is 2.31. The van der Waals surface area contributed by atoms with Crippen LogP contribution in [0.2, 0.25) is 0 Å². The van der Waals surface area contributed by atoms with Gasteiger partial charge < -0.3 is 15.2 Å². The van der Waals surface area contributed by atoms with E-state index in [1.54, 1.807) is 18.5 Å². The lowest BCUT2D eigenvalue weighted by atomic mass is 10.1. The third kappa shape index (κ3) is 1.66. The second-order valence-corrected chi connectivity index (χ2v) is 4.04. The number of thioether (sulfide) groups is 1. The van der Waals surface area contributed by atoms with Crippen molar-refractivity contribution in [3.05, 3.63) is 24.0 Å². The predicted octanol–water partition coefficient (Wildman–Crippen LogP) is 1.40. The minimum atomic E-state index is -1.51. The highest BCUT2D eigenvalue weighted by atomic mass is 32.2. The topological polar surface area (TPSA) is 86.2 Å². The van der Waals surface area contributed by atoms with Gasteiger partial charge in [0.2, 0.25) is 0 Å². The Kier molecular flexibility index (Phi) is 2.84. The van der Waals surface area contributed by atoms with Gasteiger partial charge in [-0.25, -0.2) is 9.78 Å². The number of aliphatic hydroxyl groups excluding tert-OH is 1. The first-order valence-corrected chi connectivity index (χ1v) is 5.78. The number of carboxylic acid groups (broad SMARTS) is 1. The number of nitrogens with one attached hydrogen (secondary N) is 1. The molecule has 0 bridgehead atoms. The van der Waals surface area contributed by atoms with Crippen LogP contribution in [-0.4, -0.2) is 32.4 Å². The molecular formula is C10H10N2O3S. The molecule has 1 unspecified atom stereocenters. The van der Waals surface area contributed by atoms with E-state index >= 15 is 0 Å². The van der Waals surface area contributed by atoms with Gasteiger partial charge in [0, 0.05) is 10.5 Å². The average molecular weight is 238 g/mol. The number of carboxylic acids is 1. The highest BCUT2D eigenvalue weighted by molar-refractivity contribution is 7.98. The molecule has 5 nitrogen and oxygen atoms in total. The fourth-order valence-corrected chi connectivity index (χ4v) is 2.33. The number of fused-ring (bicyclic) bond motifs is 1. The molecule has 16 heavy (non-hydrogen) atoms. The number of H-pyrrole nitrogens is 1. The van der Waals surface area contributed by atoms with Gasteiger partial charge in [-0.05, 0) is 12.3 Å². The van der Waals surface area contributed by atoms with E-state index in [0.29, 0.717) is 16.0 Å². The van der Waals surface area contributed by atoms with Crippen molar-refractivity contribution in [3.8, 4) is 0 Å². The third-order valence-corrected chi connectivity index (χ3v) is 3.15. The largest absolute Gasteiger partial charge is 0.479 e. The Hall–Kier alpha value is -1.53. The molecule has 0 aliphatic heterocycles. The Morgan fingerprint density at radius 3 is 2.94 bits per heavy atom. The van der Waals surface area contributed by atoms with Crippen LogP contribution < -0.4 is 0 Å². The molecule has 1 aromatic heterocycles. The summed E-state index contributed by atoms with van der Waals surface area (Å²) in [5.74, 6) is -1.26. The van der Waals surface area contributed by atoms with E-state index in [2.05, 4.69) is 9.97 Å². The van der Waals surface area contributed by atoms with Gasteiger partial charge in [0.15, 0.2) is 6.10 Å². The quantitative estimate of drug-likeness (QED) is 0.704. The van der Waals surface area contributed by atoms with Gasteiger partial charge in [-0.1, -0.05) is 6.07 Å². The van der Waals surface area contributed by atoms with Crippen molar-refractivity contribution in [2.24, 2.45) is 0 Å². The van der Waals surface area contributed by atoms with Gasteiger partial charge in [-0.2, -0.15) is 0 Å². The Labute approximate surface area is 95.5 Å². The van der Waals surface area contributed by atoms with Crippen LogP contribution in [0.4, 0.5) is 0 Å². The van der Waals surface area contributed by atoms with E-state index < -0.39 is 12.1 Å². The highest BCUT2D eigenvalue weighted by Crippen LogP contribution is 2.31. The lowest BCUT2D eigenvalue weighted by Crippen LogP contribution is -2.11. The van der Waals surface area contributed by atoms with Crippen LogP contribution >= 0.6 is 11.8 Å². The van der Waals surface area contributed by atoms with E-state index in [1.807, 2.05) is 6.26 Å². The monoisotopic (exact) mass is 238 g/mol. The fraction of sp³-hybridized carbons (Fsp3) is 0.200. The Morgan fingerprint density at radius 1 is 1.56 bits per heavy atom. The molecule has 0 aliphatic carbocycles. The van der Waals surface area contributed by atoms with Crippen LogP contribution in [0.5, 0.6) is 0 Å². The molecule has 6 heteroatoms. The lowest BCUT2D eigenvalue weighted by Gasteiger charge is -2.10. The Balaban J connectivity index is 2.64. The van der Waals surface area contributed by atoms with E-state index in [1.165, 1.54) is 11.8 Å². The number of carbonyl (C=O) groups is 1. The van der Waals surface area contributed by atoms with E-state index in [-0.39, 0.29) is 0 Å². The zero-order valence-corrected chi connectivity index (χ0v) is 9.28. The number of aliphatic carboxylic acids is 1. The van der Waals surface area contributed by atoms with E-state index in [0.717, 1.165) is 5.52 Å². The van der Waals surface area contributed by atoms with E-state index in [4.69, 9.17) is 5.11 Å². The maximum Gasteiger partial charge on any atom is 0.337 e. The smallest absolute Gasteiger partial charge is 0.337 e. The number of nitrogens with zero attached hydrogens (tertiary/aromatic N) is 1. The Morgan fingerprint density at radius 2 is 2.31 bits per heavy atom. The van der Waals surface area contributed by atoms with Crippen LogP contribution in [0.25, 0.3) is 11.0 Å². The molecule has 84 valence electrons. The van der Waals surface area contributed by atoms with Crippen LogP contribution in [0.1, 0.15) is 11.7 Å². The van der Waals surface area contributed by atoms with Crippen LogP contribution in [0.3, 0.4) is 0 Å². The molecule has 0 saturated carbocycles. The van der Waals surface area contributed by atoms with Crippen molar-refractivity contribution in [2.75, 3.05) is 6.26 Å². The number of aromatic nitrogens is 2. The van der Waals surface area contributed by atoms with Gasteiger partial charge in [0.05, 0.1) is 11.8 Å². The van der Waals surface area contributed by atoms with Crippen molar-refractivity contribution >= 4 is 28.8 Å². The minimum absolute atomic E-state index is 0.375. The molecule has 0 fully saturated rings.